The predicted octanol–water partition coefficient (Wildman–Crippen LogP) is 1.69. The molecule has 0 aromatic rings. The zero-order valence-electron chi connectivity index (χ0n) is 10.9. The minimum Gasteiger partial charge on any atom is -0.352 e. The SMILES string of the molecule is CC(C)CC(CN)NC(=O)C1CC2C=CC1C2. The van der Waals surface area contributed by atoms with E-state index < -0.39 is 0 Å². The molecule has 4 atom stereocenters. The van der Waals surface area contributed by atoms with Crippen LogP contribution in [0.1, 0.15) is 33.1 Å². The van der Waals surface area contributed by atoms with E-state index in [2.05, 4.69) is 31.3 Å². The highest BCUT2D eigenvalue weighted by Gasteiger charge is 2.40. The van der Waals surface area contributed by atoms with Crippen LogP contribution in [0.2, 0.25) is 0 Å². The van der Waals surface area contributed by atoms with Crippen LogP contribution >= 0.6 is 0 Å². The molecule has 1 saturated carbocycles. The van der Waals surface area contributed by atoms with Gasteiger partial charge in [-0.1, -0.05) is 26.0 Å². The highest BCUT2D eigenvalue weighted by Crippen LogP contribution is 2.43. The van der Waals surface area contributed by atoms with Gasteiger partial charge < -0.3 is 11.1 Å². The summed E-state index contributed by atoms with van der Waals surface area (Å²) in [4.78, 5) is 12.2. The molecule has 2 bridgehead atoms. The number of carbonyl (C=O) groups is 1. The van der Waals surface area contributed by atoms with Crippen LogP contribution in [0.15, 0.2) is 12.2 Å². The fraction of sp³-hybridized carbons (Fsp3) is 0.786. The highest BCUT2D eigenvalue weighted by atomic mass is 16.2. The normalized spacial score (nSPS) is 32.1. The smallest absolute Gasteiger partial charge is 0.223 e. The van der Waals surface area contributed by atoms with E-state index in [1.807, 2.05) is 0 Å². The van der Waals surface area contributed by atoms with E-state index in [4.69, 9.17) is 5.73 Å². The van der Waals surface area contributed by atoms with Gasteiger partial charge in [0, 0.05) is 18.5 Å². The average molecular weight is 236 g/mol. The first-order valence-corrected chi connectivity index (χ1v) is 6.79. The molecule has 1 amide bonds. The average Bonchev–Trinajstić information content (AvgIpc) is 2.88. The van der Waals surface area contributed by atoms with Gasteiger partial charge in [-0.2, -0.15) is 0 Å². The molecule has 0 aromatic carbocycles. The van der Waals surface area contributed by atoms with Gasteiger partial charge >= 0.3 is 0 Å². The zero-order chi connectivity index (χ0) is 12.4. The number of hydrogen-bond donors (Lipinski definition) is 2. The van der Waals surface area contributed by atoms with Crippen LogP contribution in [0, 0.1) is 23.7 Å². The minimum atomic E-state index is 0.144. The third-order valence-electron chi connectivity index (χ3n) is 4.00. The van der Waals surface area contributed by atoms with Crippen molar-refractivity contribution in [2.24, 2.45) is 29.4 Å². The van der Waals surface area contributed by atoms with E-state index >= 15 is 0 Å². The van der Waals surface area contributed by atoms with Gasteiger partial charge in [0.15, 0.2) is 0 Å². The van der Waals surface area contributed by atoms with Crippen molar-refractivity contribution in [1.29, 1.82) is 0 Å². The van der Waals surface area contributed by atoms with E-state index in [9.17, 15) is 4.79 Å². The number of nitrogens with one attached hydrogen (secondary N) is 1. The van der Waals surface area contributed by atoms with Gasteiger partial charge in [-0.3, -0.25) is 4.79 Å². The van der Waals surface area contributed by atoms with E-state index in [1.54, 1.807) is 0 Å². The molecule has 2 aliphatic rings. The summed E-state index contributed by atoms with van der Waals surface area (Å²) in [5, 5.41) is 3.13. The number of rotatable bonds is 5. The fourth-order valence-electron chi connectivity index (χ4n) is 3.17. The van der Waals surface area contributed by atoms with Crippen LogP contribution in [-0.4, -0.2) is 18.5 Å². The number of fused-ring (bicyclic) bond motifs is 2. The second kappa shape index (κ2) is 5.21. The first kappa shape index (κ1) is 12.6. The Balaban J connectivity index is 1.86. The summed E-state index contributed by atoms with van der Waals surface area (Å²) in [5.41, 5.74) is 5.72. The molecule has 1 fully saturated rings. The number of hydrogen-bond acceptors (Lipinski definition) is 2. The summed E-state index contributed by atoms with van der Waals surface area (Å²) in [5.74, 6) is 2.13. The van der Waals surface area contributed by atoms with Crippen LogP contribution < -0.4 is 11.1 Å². The van der Waals surface area contributed by atoms with E-state index in [-0.39, 0.29) is 17.9 Å². The summed E-state index contributed by atoms with van der Waals surface area (Å²) in [6.45, 7) is 4.87. The molecule has 0 saturated heterocycles. The third-order valence-corrected chi connectivity index (χ3v) is 4.00. The first-order valence-electron chi connectivity index (χ1n) is 6.79. The molecule has 17 heavy (non-hydrogen) atoms. The molecule has 0 radical (unpaired) electrons. The van der Waals surface area contributed by atoms with E-state index in [0.717, 1.165) is 12.8 Å². The summed E-state index contributed by atoms with van der Waals surface area (Å²) in [6, 6.07) is 0.144. The fourth-order valence-corrected chi connectivity index (χ4v) is 3.17. The maximum atomic E-state index is 12.2. The van der Waals surface area contributed by atoms with Crippen LogP contribution in [0.5, 0.6) is 0 Å². The molecule has 3 heteroatoms. The van der Waals surface area contributed by atoms with Crippen molar-refractivity contribution in [3.63, 3.8) is 0 Å². The molecule has 0 aliphatic heterocycles. The Morgan fingerprint density at radius 3 is 2.65 bits per heavy atom. The zero-order valence-corrected chi connectivity index (χ0v) is 10.9. The van der Waals surface area contributed by atoms with Gasteiger partial charge in [0.1, 0.15) is 0 Å². The molecule has 2 aliphatic carbocycles. The monoisotopic (exact) mass is 236 g/mol. The molecular formula is C14H24N2O. The van der Waals surface area contributed by atoms with Crippen LogP contribution in [0.4, 0.5) is 0 Å². The molecular weight excluding hydrogens is 212 g/mol. The number of allylic oxidation sites excluding steroid dienone is 2. The number of amides is 1. The predicted molar refractivity (Wildman–Crippen MR) is 69.3 cm³/mol. The topological polar surface area (TPSA) is 55.1 Å². The van der Waals surface area contributed by atoms with Gasteiger partial charge in [0.25, 0.3) is 0 Å². The van der Waals surface area contributed by atoms with Crippen molar-refractivity contribution < 1.29 is 4.79 Å². The second-order valence-corrected chi connectivity index (χ2v) is 5.96. The maximum absolute atomic E-state index is 12.2. The lowest BCUT2D eigenvalue weighted by atomic mass is 9.92. The Bertz CT molecular complexity index is 311. The van der Waals surface area contributed by atoms with Crippen LogP contribution in [0.3, 0.4) is 0 Å². The Morgan fingerprint density at radius 1 is 1.41 bits per heavy atom. The summed E-state index contributed by atoms with van der Waals surface area (Å²) in [6.07, 6.45) is 7.67. The summed E-state index contributed by atoms with van der Waals surface area (Å²) < 4.78 is 0. The van der Waals surface area contributed by atoms with Crippen molar-refractivity contribution in [1.82, 2.24) is 5.32 Å². The lowest BCUT2D eigenvalue weighted by Crippen LogP contribution is -2.44. The molecule has 2 rings (SSSR count). The molecule has 0 aromatic heterocycles. The van der Waals surface area contributed by atoms with Crippen molar-refractivity contribution in [3.05, 3.63) is 12.2 Å². The van der Waals surface area contributed by atoms with Crippen molar-refractivity contribution >= 4 is 5.91 Å². The largest absolute Gasteiger partial charge is 0.352 e. The molecule has 4 unspecified atom stereocenters. The van der Waals surface area contributed by atoms with Gasteiger partial charge in [-0.05, 0) is 37.0 Å². The van der Waals surface area contributed by atoms with Gasteiger partial charge in [-0.15, -0.1) is 0 Å². The van der Waals surface area contributed by atoms with E-state index in [1.165, 1.54) is 6.42 Å². The number of nitrogens with two attached hydrogens (primary N) is 1. The lowest BCUT2D eigenvalue weighted by Gasteiger charge is -2.23. The maximum Gasteiger partial charge on any atom is 0.223 e. The number of carbonyl (C=O) groups excluding carboxylic acids is 1. The van der Waals surface area contributed by atoms with Crippen LogP contribution in [-0.2, 0) is 4.79 Å². The van der Waals surface area contributed by atoms with Crippen LogP contribution in [0.25, 0.3) is 0 Å². The Kier molecular flexibility index (Phi) is 3.87. The lowest BCUT2D eigenvalue weighted by molar-refractivity contribution is -0.126. The molecule has 0 spiro atoms. The Labute approximate surface area is 104 Å². The standard InChI is InChI=1S/C14H24N2O/c1-9(2)5-12(8-15)16-14(17)13-7-10-3-4-11(13)6-10/h3-4,9-13H,5-8,15H2,1-2H3,(H,16,17). The van der Waals surface area contributed by atoms with Crippen molar-refractivity contribution in [2.75, 3.05) is 6.54 Å². The minimum absolute atomic E-state index is 0.144. The quantitative estimate of drug-likeness (QED) is 0.714. The second-order valence-electron chi connectivity index (χ2n) is 5.96. The Morgan fingerprint density at radius 2 is 2.18 bits per heavy atom. The Hall–Kier alpha value is -0.830. The summed E-state index contributed by atoms with van der Waals surface area (Å²) in [7, 11) is 0. The molecule has 0 heterocycles. The molecule has 96 valence electrons. The molecule has 3 N–H and O–H groups in total. The summed E-state index contributed by atoms with van der Waals surface area (Å²) >= 11 is 0. The highest BCUT2D eigenvalue weighted by molar-refractivity contribution is 5.80. The molecule has 3 nitrogen and oxygen atoms in total. The first-order chi connectivity index (χ1) is 8.10. The van der Waals surface area contributed by atoms with Gasteiger partial charge in [0.05, 0.1) is 0 Å². The van der Waals surface area contributed by atoms with Gasteiger partial charge in [-0.25, -0.2) is 0 Å². The van der Waals surface area contributed by atoms with E-state index in [0.29, 0.717) is 24.3 Å². The third kappa shape index (κ3) is 2.89. The van der Waals surface area contributed by atoms with Crippen molar-refractivity contribution in [3.8, 4) is 0 Å². The van der Waals surface area contributed by atoms with Crippen molar-refractivity contribution in [2.45, 2.75) is 39.2 Å². The van der Waals surface area contributed by atoms with Gasteiger partial charge in [0.2, 0.25) is 5.91 Å².